The van der Waals surface area contributed by atoms with Gasteiger partial charge in [-0.05, 0) is 19.1 Å². The number of nitrogens with zero attached hydrogens (tertiary/aromatic N) is 1. The van der Waals surface area contributed by atoms with E-state index in [9.17, 15) is 19.2 Å². The van der Waals surface area contributed by atoms with E-state index in [1.165, 1.54) is 18.3 Å². The van der Waals surface area contributed by atoms with Crippen molar-refractivity contribution in [2.45, 2.75) is 13.0 Å². The van der Waals surface area contributed by atoms with E-state index in [0.29, 0.717) is 17.1 Å². The van der Waals surface area contributed by atoms with Crippen molar-refractivity contribution in [1.29, 1.82) is 0 Å². The number of ether oxygens (including phenoxy) is 1. The standard InChI is InChI=1S/C19H19ClN4O5/c1-2-21-19(28)24-18(27)16(12-6-4-3-5-7-12)29-15(25)11-23-17(26)14-10-13(20)8-9-22-14/h3-10,16H,2,11H2,1H3,(H,23,26)(H2,21,24,27,28)/t16-/m1/s1. The van der Waals surface area contributed by atoms with Crippen LogP contribution in [0.3, 0.4) is 0 Å². The Hall–Kier alpha value is -3.46. The van der Waals surface area contributed by atoms with Crippen LogP contribution < -0.4 is 16.0 Å². The van der Waals surface area contributed by atoms with E-state index in [0.717, 1.165) is 0 Å². The zero-order valence-corrected chi connectivity index (χ0v) is 16.2. The summed E-state index contributed by atoms with van der Waals surface area (Å²) >= 11 is 5.80. The van der Waals surface area contributed by atoms with E-state index in [1.54, 1.807) is 37.3 Å². The number of carbonyl (C=O) groups excluding carboxylic acids is 4. The lowest BCUT2D eigenvalue weighted by molar-refractivity contribution is -0.155. The number of aromatic nitrogens is 1. The quantitative estimate of drug-likeness (QED) is 0.586. The summed E-state index contributed by atoms with van der Waals surface area (Å²) in [6.45, 7) is 1.50. The largest absolute Gasteiger partial charge is 0.446 e. The number of rotatable bonds is 7. The molecule has 0 aliphatic rings. The Balaban J connectivity index is 2.02. The summed E-state index contributed by atoms with van der Waals surface area (Å²) in [4.78, 5) is 52.1. The fourth-order valence-corrected chi connectivity index (χ4v) is 2.39. The lowest BCUT2D eigenvalue weighted by Crippen LogP contribution is -2.43. The van der Waals surface area contributed by atoms with Gasteiger partial charge >= 0.3 is 12.0 Å². The molecule has 2 aromatic rings. The molecular weight excluding hydrogens is 400 g/mol. The van der Waals surface area contributed by atoms with Gasteiger partial charge < -0.3 is 15.4 Å². The molecule has 2 rings (SSSR count). The molecule has 0 fully saturated rings. The van der Waals surface area contributed by atoms with E-state index in [-0.39, 0.29) is 5.69 Å². The van der Waals surface area contributed by atoms with Crippen molar-refractivity contribution in [1.82, 2.24) is 20.9 Å². The van der Waals surface area contributed by atoms with Crippen molar-refractivity contribution in [3.05, 3.63) is 64.9 Å². The molecule has 0 saturated heterocycles. The number of hydrogen-bond donors (Lipinski definition) is 3. The molecule has 0 radical (unpaired) electrons. The van der Waals surface area contributed by atoms with Crippen LogP contribution >= 0.6 is 11.6 Å². The Labute approximate surface area is 171 Å². The van der Waals surface area contributed by atoms with Gasteiger partial charge in [0.05, 0.1) is 0 Å². The molecule has 0 bridgehead atoms. The molecule has 0 saturated carbocycles. The van der Waals surface area contributed by atoms with Crippen LogP contribution in [0.4, 0.5) is 4.79 Å². The number of nitrogens with one attached hydrogen (secondary N) is 3. The van der Waals surface area contributed by atoms with Gasteiger partial charge in [0.2, 0.25) is 6.10 Å². The average Bonchev–Trinajstić information content (AvgIpc) is 2.71. The first-order valence-electron chi connectivity index (χ1n) is 8.63. The van der Waals surface area contributed by atoms with Crippen LogP contribution in [0.25, 0.3) is 0 Å². The SMILES string of the molecule is CCNC(=O)NC(=O)[C@H](OC(=O)CNC(=O)c1cc(Cl)ccn1)c1ccccc1. The summed E-state index contributed by atoms with van der Waals surface area (Å²) in [6.07, 6.45) is -0.0142. The fraction of sp³-hybridized carbons (Fsp3) is 0.211. The first-order valence-corrected chi connectivity index (χ1v) is 9.01. The summed E-state index contributed by atoms with van der Waals surface area (Å²) in [6, 6.07) is 10.3. The van der Waals surface area contributed by atoms with Crippen LogP contribution in [-0.4, -0.2) is 41.9 Å². The van der Waals surface area contributed by atoms with Gasteiger partial charge in [-0.3, -0.25) is 24.7 Å². The molecule has 0 unspecified atom stereocenters. The maximum atomic E-state index is 12.4. The zero-order valence-electron chi connectivity index (χ0n) is 15.5. The molecule has 1 heterocycles. The second kappa shape index (κ2) is 10.8. The van der Waals surface area contributed by atoms with Crippen molar-refractivity contribution in [3.63, 3.8) is 0 Å². The lowest BCUT2D eigenvalue weighted by atomic mass is 10.1. The third-order valence-corrected chi connectivity index (χ3v) is 3.75. The maximum Gasteiger partial charge on any atom is 0.326 e. The highest BCUT2D eigenvalue weighted by Crippen LogP contribution is 2.17. The third kappa shape index (κ3) is 6.89. The van der Waals surface area contributed by atoms with Crippen LogP contribution in [0.15, 0.2) is 48.7 Å². The number of amides is 4. The number of hydrogen-bond acceptors (Lipinski definition) is 6. The highest BCUT2D eigenvalue weighted by atomic mass is 35.5. The molecule has 1 aromatic carbocycles. The van der Waals surface area contributed by atoms with Crippen molar-refractivity contribution < 1.29 is 23.9 Å². The first kappa shape index (κ1) is 21.8. The molecule has 152 valence electrons. The molecule has 29 heavy (non-hydrogen) atoms. The van der Waals surface area contributed by atoms with Gasteiger partial charge in [0.25, 0.3) is 11.8 Å². The number of benzene rings is 1. The predicted octanol–water partition coefficient (Wildman–Crippen LogP) is 1.59. The van der Waals surface area contributed by atoms with Gasteiger partial charge in [0, 0.05) is 23.3 Å². The van der Waals surface area contributed by atoms with Gasteiger partial charge in [-0.25, -0.2) is 4.79 Å². The molecule has 1 aromatic heterocycles. The Kier molecular flexibility index (Phi) is 8.11. The number of pyridine rings is 1. The Morgan fingerprint density at radius 1 is 1.10 bits per heavy atom. The molecule has 9 nitrogen and oxygen atoms in total. The molecule has 4 amide bonds. The second-order valence-corrected chi connectivity index (χ2v) is 6.11. The summed E-state index contributed by atoms with van der Waals surface area (Å²) < 4.78 is 5.20. The van der Waals surface area contributed by atoms with Gasteiger partial charge in [-0.2, -0.15) is 0 Å². The fourth-order valence-electron chi connectivity index (χ4n) is 2.23. The number of halogens is 1. The van der Waals surface area contributed by atoms with Crippen molar-refractivity contribution in [2.75, 3.05) is 13.1 Å². The van der Waals surface area contributed by atoms with Crippen molar-refractivity contribution >= 4 is 35.4 Å². The van der Waals surface area contributed by atoms with E-state index in [4.69, 9.17) is 16.3 Å². The summed E-state index contributed by atoms with van der Waals surface area (Å²) in [5.74, 6) is -2.33. The van der Waals surface area contributed by atoms with E-state index < -0.39 is 36.5 Å². The second-order valence-electron chi connectivity index (χ2n) is 5.67. The molecule has 10 heteroatoms. The first-order chi connectivity index (χ1) is 13.9. The van der Waals surface area contributed by atoms with Crippen LogP contribution in [0.2, 0.25) is 5.02 Å². The summed E-state index contributed by atoms with van der Waals surface area (Å²) in [5, 5.41) is 7.17. The maximum absolute atomic E-state index is 12.4. The number of esters is 1. The van der Waals surface area contributed by atoms with Crippen LogP contribution in [0.5, 0.6) is 0 Å². The Morgan fingerprint density at radius 2 is 1.83 bits per heavy atom. The van der Waals surface area contributed by atoms with Crippen LogP contribution in [0, 0.1) is 0 Å². The third-order valence-electron chi connectivity index (χ3n) is 3.51. The molecule has 0 aliphatic heterocycles. The molecule has 0 aliphatic carbocycles. The minimum Gasteiger partial charge on any atom is -0.446 e. The molecule has 1 atom stereocenters. The van der Waals surface area contributed by atoms with Crippen LogP contribution in [-0.2, 0) is 14.3 Å². The van der Waals surface area contributed by atoms with Crippen molar-refractivity contribution in [2.24, 2.45) is 0 Å². The Bertz CT molecular complexity index is 891. The highest BCUT2D eigenvalue weighted by molar-refractivity contribution is 6.30. The average molecular weight is 419 g/mol. The van der Waals surface area contributed by atoms with E-state index >= 15 is 0 Å². The number of urea groups is 1. The topological polar surface area (TPSA) is 126 Å². The summed E-state index contributed by atoms with van der Waals surface area (Å²) in [7, 11) is 0. The molecule has 3 N–H and O–H groups in total. The zero-order chi connectivity index (χ0) is 21.2. The lowest BCUT2D eigenvalue weighted by Gasteiger charge is -2.18. The minimum absolute atomic E-state index is 0.0267. The summed E-state index contributed by atoms with van der Waals surface area (Å²) in [5.41, 5.74) is 0.393. The molecule has 0 spiro atoms. The van der Waals surface area contributed by atoms with Gasteiger partial charge in [-0.15, -0.1) is 0 Å². The number of imide groups is 1. The molecular formula is C19H19ClN4O5. The van der Waals surface area contributed by atoms with Gasteiger partial charge in [0.15, 0.2) is 0 Å². The smallest absolute Gasteiger partial charge is 0.326 e. The van der Waals surface area contributed by atoms with E-state index in [1.807, 2.05) is 0 Å². The number of carbonyl (C=O) groups is 4. The van der Waals surface area contributed by atoms with Gasteiger partial charge in [-0.1, -0.05) is 41.9 Å². The monoisotopic (exact) mass is 418 g/mol. The normalized spacial score (nSPS) is 11.1. The highest BCUT2D eigenvalue weighted by Gasteiger charge is 2.26. The predicted molar refractivity (Wildman–Crippen MR) is 104 cm³/mol. The minimum atomic E-state index is -1.37. The van der Waals surface area contributed by atoms with Crippen LogP contribution in [0.1, 0.15) is 29.1 Å². The van der Waals surface area contributed by atoms with E-state index in [2.05, 4.69) is 20.9 Å². The van der Waals surface area contributed by atoms with Crippen molar-refractivity contribution in [3.8, 4) is 0 Å². The Morgan fingerprint density at radius 3 is 2.48 bits per heavy atom. The van der Waals surface area contributed by atoms with Gasteiger partial charge in [0.1, 0.15) is 12.2 Å².